The molecule has 5 nitrogen and oxygen atoms in total. The van der Waals surface area contributed by atoms with Gasteiger partial charge in [-0.3, -0.25) is 9.20 Å². The number of benzene rings is 1. The van der Waals surface area contributed by atoms with Gasteiger partial charge in [-0.2, -0.15) is 5.26 Å². The summed E-state index contributed by atoms with van der Waals surface area (Å²) in [5.74, 6) is 0.0754. The molecule has 138 valence electrons. The summed E-state index contributed by atoms with van der Waals surface area (Å²) in [7, 11) is 0. The molecule has 1 fully saturated rings. The topological polar surface area (TPSA) is 70.2 Å². The van der Waals surface area contributed by atoms with Crippen LogP contribution in [0, 0.1) is 18.3 Å². The van der Waals surface area contributed by atoms with Crippen LogP contribution in [0.3, 0.4) is 0 Å². The van der Waals surface area contributed by atoms with E-state index in [0.29, 0.717) is 17.3 Å². The van der Waals surface area contributed by atoms with Crippen molar-refractivity contribution in [1.82, 2.24) is 14.7 Å². The number of fused-ring (bicyclic) bond motifs is 3. The fourth-order valence-corrected chi connectivity index (χ4v) is 4.84. The van der Waals surface area contributed by atoms with E-state index in [0.717, 1.165) is 34.5 Å². The van der Waals surface area contributed by atoms with Crippen LogP contribution in [0.25, 0.3) is 16.7 Å². The molecular weight excluding hydrogens is 356 g/mol. The Morgan fingerprint density at radius 2 is 2.11 bits per heavy atom. The Morgan fingerprint density at radius 3 is 2.85 bits per heavy atom. The molecule has 2 aromatic heterocycles. The van der Waals surface area contributed by atoms with Crippen molar-refractivity contribution >= 4 is 34.3 Å². The summed E-state index contributed by atoms with van der Waals surface area (Å²) >= 11 is 1.52. The van der Waals surface area contributed by atoms with E-state index in [9.17, 15) is 10.1 Å². The van der Waals surface area contributed by atoms with Crippen LogP contribution in [0.2, 0.25) is 0 Å². The van der Waals surface area contributed by atoms with Crippen molar-refractivity contribution in [2.24, 2.45) is 0 Å². The van der Waals surface area contributed by atoms with Gasteiger partial charge in [-0.15, -0.1) is 0 Å². The predicted molar refractivity (Wildman–Crippen MR) is 108 cm³/mol. The normalized spacial score (nSPS) is 15.9. The van der Waals surface area contributed by atoms with Crippen LogP contribution in [-0.4, -0.2) is 26.6 Å². The van der Waals surface area contributed by atoms with E-state index in [1.165, 1.54) is 24.6 Å². The van der Waals surface area contributed by atoms with Gasteiger partial charge in [-0.05, 0) is 50.5 Å². The number of nitrogens with zero attached hydrogens (tertiary/aromatic N) is 3. The van der Waals surface area contributed by atoms with Crippen LogP contribution in [-0.2, 0) is 4.79 Å². The van der Waals surface area contributed by atoms with Crippen molar-refractivity contribution in [1.29, 1.82) is 5.26 Å². The molecule has 0 aliphatic heterocycles. The number of hydrogen-bond acceptors (Lipinski definition) is 4. The summed E-state index contributed by atoms with van der Waals surface area (Å²) in [4.78, 5) is 17.3. The molecule has 1 aromatic carbocycles. The van der Waals surface area contributed by atoms with Gasteiger partial charge in [-0.25, -0.2) is 4.98 Å². The third-order valence-electron chi connectivity index (χ3n) is 5.22. The molecule has 0 unspecified atom stereocenters. The van der Waals surface area contributed by atoms with E-state index in [1.807, 2.05) is 48.6 Å². The molecule has 1 aliphatic carbocycles. The first-order valence-electron chi connectivity index (χ1n) is 9.36. The van der Waals surface area contributed by atoms with Gasteiger partial charge < -0.3 is 5.32 Å². The molecule has 1 atom stereocenters. The summed E-state index contributed by atoms with van der Waals surface area (Å²) in [6.07, 6.45) is 4.55. The number of thioether (sulfide) groups is 1. The van der Waals surface area contributed by atoms with Crippen LogP contribution in [0.15, 0.2) is 35.4 Å². The summed E-state index contributed by atoms with van der Waals surface area (Å²) in [5, 5.41) is 13.5. The maximum Gasteiger partial charge on any atom is 0.233 e. The zero-order chi connectivity index (χ0) is 19.0. The monoisotopic (exact) mass is 378 g/mol. The Hall–Kier alpha value is -2.52. The molecule has 0 spiro atoms. The number of nitriles is 1. The van der Waals surface area contributed by atoms with Crippen LogP contribution >= 0.6 is 11.8 Å². The summed E-state index contributed by atoms with van der Waals surface area (Å²) in [6.45, 7) is 3.86. The fourth-order valence-electron chi connectivity index (χ4n) is 3.76. The second-order valence-electron chi connectivity index (χ2n) is 7.16. The quantitative estimate of drug-likeness (QED) is 0.691. The van der Waals surface area contributed by atoms with Crippen molar-refractivity contribution in [3.05, 3.63) is 41.5 Å². The average Bonchev–Trinajstić information content (AvgIpc) is 3.29. The molecule has 4 rings (SSSR count). The third kappa shape index (κ3) is 3.28. The molecule has 6 heteroatoms. The lowest BCUT2D eigenvalue weighted by molar-refractivity contribution is -0.120. The summed E-state index contributed by atoms with van der Waals surface area (Å²) < 4.78 is 2.00. The van der Waals surface area contributed by atoms with Gasteiger partial charge in [0.15, 0.2) is 5.65 Å². The van der Waals surface area contributed by atoms with Crippen molar-refractivity contribution < 1.29 is 4.79 Å². The highest BCUT2D eigenvalue weighted by Crippen LogP contribution is 2.31. The first-order chi connectivity index (χ1) is 13.1. The van der Waals surface area contributed by atoms with Crippen LogP contribution < -0.4 is 5.32 Å². The predicted octanol–water partition coefficient (Wildman–Crippen LogP) is 4.21. The van der Waals surface area contributed by atoms with Gasteiger partial charge in [0.05, 0.1) is 26.9 Å². The molecule has 27 heavy (non-hydrogen) atoms. The molecule has 1 amide bonds. The van der Waals surface area contributed by atoms with E-state index in [-0.39, 0.29) is 11.2 Å². The third-order valence-corrected chi connectivity index (χ3v) is 6.33. The van der Waals surface area contributed by atoms with Gasteiger partial charge in [0.1, 0.15) is 6.07 Å². The van der Waals surface area contributed by atoms with Crippen LogP contribution in [0.4, 0.5) is 0 Å². The lowest BCUT2D eigenvalue weighted by Gasteiger charge is -2.17. The lowest BCUT2D eigenvalue weighted by Crippen LogP contribution is -2.37. The van der Waals surface area contributed by atoms with Gasteiger partial charge >= 0.3 is 0 Å². The Morgan fingerprint density at radius 1 is 1.37 bits per heavy atom. The Bertz CT molecular complexity index is 1060. The fraction of sp³-hybridized carbons (Fsp3) is 0.381. The maximum atomic E-state index is 12.6. The molecule has 1 saturated carbocycles. The van der Waals surface area contributed by atoms with Crippen molar-refractivity contribution in [3.63, 3.8) is 0 Å². The van der Waals surface area contributed by atoms with E-state index in [4.69, 9.17) is 0 Å². The SMILES string of the molecule is Cc1cc(S[C@H](C)C(=O)NC2CCCC2)n2c(nc3ccccc32)c1C#N. The Balaban J connectivity index is 1.72. The molecular formula is C21H22N4OS. The summed E-state index contributed by atoms with van der Waals surface area (Å²) in [6, 6.07) is 12.4. The first-order valence-corrected chi connectivity index (χ1v) is 10.2. The lowest BCUT2D eigenvalue weighted by atomic mass is 10.2. The number of rotatable bonds is 4. The smallest absolute Gasteiger partial charge is 0.233 e. The highest BCUT2D eigenvalue weighted by atomic mass is 32.2. The van der Waals surface area contributed by atoms with E-state index in [2.05, 4.69) is 16.4 Å². The number of imidazole rings is 1. The maximum absolute atomic E-state index is 12.6. The number of nitrogens with one attached hydrogen (secondary N) is 1. The van der Waals surface area contributed by atoms with Crippen LogP contribution in [0.1, 0.15) is 43.7 Å². The first kappa shape index (κ1) is 17.9. The van der Waals surface area contributed by atoms with Crippen molar-refractivity contribution in [2.75, 3.05) is 0 Å². The number of aryl methyl sites for hydroxylation is 1. The average molecular weight is 379 g/mol. The molecule has 0 saturated heterocycles. The minimum atomic E-state index is -0.220. The number of carbonyl (C=O) groups excluding carboxylic acids is 1. The van der Waals surface area contributed by atoms with E-state index < -0.39 is 0 Å². The Labute approximate surface area is 162 Å². The molecule has 0 bridgehead atoms. The summed E-state index contributed by atoms with van der Waals surface area (Å²) in [5.41, 5.74) is 3.92. The van der Waals surface area contributed by atoms with Crippen LogP contribution in [0.5, 0.6) is 0 Å². The molecule has 1 aliphatic rings. The molecule has 3 aromatic rings. The molecule has 0 radical (unpaired) electrons. The minimum absolute atomic E-state index is 0.0754. The minimum Gasteiger partial charge on any atom is -0.352 e. The largest absolute Gasteiger partial charge is 0.352 e. The number of amides is 1. The van der Waals surface area contributed by atoms with E-state index in [1.54, 1.807) is 0 Å². The van der Waals surface area contributed by atoms with Gasteiger partial charge in [0.25, 0.3) is 0 Å². The van der Waals surface area contributed by atoms with Crippen molar-refractivity contribution in [2.45, 2.75) is 55.8 Å². The highest BCUT2D eigenvalue weighted by Gasteiger charge is 2.23. The number of para-hydroxylation sites is 2. The second kappa shape index (κ2) is 7.24. The highest BCUT2D eigenvalue weighted by molar-refractivity contribution is 8.00. The zero-order valence-corrected chi connectivity index (χ0v) is 16.3. The second-order valence-corrected chi connectivity index (χ2v) is 8.52. The van der Waals surface area contributed by atoms with E-state index >= 15 is 0 Å². The Kier molecular flexibility index (Phi) is 4.79. The molecule has 2 heterocycles. The standard InChI is InChI=1S/C21H22N4OS/c1-13-11-19(27-14(2)21(26)23-15-7-3-4-8-15)25-18-10-6-5-9-17(18)24-20(25)16(13)12-22/h5-6,9-11,14-15H,3-4,7-8H2,1-2H3,(H,23,26)/t14-/m1/s1. The van der Waals surface area contributed by atoms with Gasteiger partial charge in [0, 0.05) is 6.04 Å². The van der Waals surface area contributed by atoms with Gasteiger partial charge in [0.2, 0.25) is 5.91 Å². The number of hydrogen-bond donors (Lipinski definition) is 1. The number of pyridine rings is 1. The number of aromatic nitrogens is 2. The molecule has 1 N–H and O–H groups in total. The zero-order valence-electron chi connectivity index (χ0n) is 15.5. The van der Waals surface area contributed by atoms with Gasteiger partial charge in [-0.1, -0.05) is 36.7 Å². The van der Waals surface area contributed by atoms with Crippen molar-refractivity contribution in [3.8, 4) is 6.07 Å². The number of carbonyl (C=O) groups is 1.